The highest BCUT2D eigenvalue weighted by molar-refractivity contribution is 5.76. The average Bonchev–Trinajstić information content (AvgIpc) is 2.81. The van der Waals surface area contributed by atoms with Gasteiger partial charge in [0, 0.05) is 6.42 Å². The zero-order chi connectivity index (χ0) is 15.2. The Morgan fingerprint density at radius 2 is 1.86 bits per heavy atom. The third-order valence-electron chi connectivity index (χ3n) is 4.98. The van der Waals surface area contributed by atoms with Gasteiger partial charge in [-0.2, -0.15) is 0 Å². The number of fused-ring (bicyclic) bond motifs is 1. The first-order chi connectivity index (χ1) is 10.8. The molecule has 1 atom stereocenters. The van der Waals surface area contributed by atoms with Gasteiger partial charge in [-0.15, -0.1) is 0 Å². The van der Waals surface area contributed by atoms with Gasteiger partial charge in [-0.3, -0.25) is 4.79 Å². The van der Waals surface area contributed by atoms with Crippen LogP contribution in [0, 0.1) is 5.92 Å². The summed E-state index contributed by atoms with van der Waals surface area (Å²) in [5, 5.41) is 3.09. The van der Waals surface area contributed by atoms with Crippen molar-refractivity contribution in [3.63, 3.8) is 0 Å². The summed E-state index contributed by atoms with van der Waals surface area (Å²) in [6.45, 7) is 0.639. The number of nitrogens with one attached hydrogen (secondary N) is 1. The van der Waals surface area contributed by atoms with Crippen molar-refractivity contribution >= 4 is 5.91 Å². The molecule has 1 amide bonds. The number of carbonyl (C=O) groups excluding carboxylic acids is 1. The summed E-state index contributed by atoms with van der Waals surface area (Å²) in [7, 11) is 0. The van der Waals surface area contributed by atoms with Crippen LogP contribution in [0.3, 0.4) is 0 Å². The smallest absolute Gasteiger partial charge is 0.220 e. The number of benzene rings is 1. The van der Waals surface area contributed by atoms with E-state index in [-0.39, 0.29) is 12.0 Å². The molecule has 3 nitrogen and oxygen atoms in total. The van der Waals surface area contributed by atoms with Crippen LogP contribution < -0.4 is 10.1 Å². The fourth-order valence-electron chi connectivity index (χ4n) is 3.65. The van der Waals surface area contributed by atoms with Crippen molar-refractivity contribution in [1.82, 2.24) is 5.32 Å². The summed E-state index contributed by atoms with van der Waals surface area (Å²) < 4.78 is 5.98. The van der Waals surface area contributed by atoms with Crippen molar-refractivity contribution in [1.29, 1.82) is 0 Å². The molecule has 1 aromatic carbocycles. The van der Waals surface area contributed by atoms with Gasteiger partial charge < -0.3 is 10.1 Å². The molecular weight excluding hydrogens is 274 g/mol. The lowest BCUT2D eigenvalue weighted by atomic mass is 9.96. The van der Waals surface area contributed by atoms with Crippen LogP contribution in [0.4, 0.5) is 0 Å². The molecule has 1 heterocycles. The Morgan fingerprint density at radius 3 is 2.68 bits per heavy atom. The maximum absolute atomic E-state index is 12.1. The van der Waals surface area contributed by atoms with Crippen molar-refractivity contribution < 1.29 is 9.53 Å². The van der Waals surface area contributed by atoms with Crippen LogP contribution in [0.5, 0.6) is 5.75 Å². The highest BCUT2D eigenvalue weighted by atomic mass is 16.5. The number of hydrogen-bond acceptors (Lipinski definition) is 2. The number of amides is 1. The van der Waals surface area contributed by atoms with Crippen LogP contribution in [0.2, 0.25) is 0 Å². The van der Waals surface area contributed by atoms with Crippen LogP contribution in [0.15, 0.2) is 24.3 Å². The third kappa shape index (κ3) is 4.25. The predicted octanol–water partition coefficient (Wildman–Crippen LogP) is 3.86. The quantitative estimate of drug-likeness (QED) is 0.858. The molecule has 22 heavy (non-hydrogen) atoms. The number of hydrogen-bond donors (Lipinski definition) is 1. The number of para-hydroxylation sites is 1. The van der Waals surface area contributed by atoms with E-state index in [2.05, 4.69) is 17.4 Å². The van der Waals surface area contributed by atoms with Gasteiger partial charge in [0.2, 0.25) is 5.91 Å². The first kappa shape index (κ1) is 15.4. The largest absolute Gasteiger partial charge is 0.488 e. The maximum atomic E-state index is 12.1. The van der Waals surface area contributed by atoms with E-state index < -0.39 is 0 Å². The van der Waals surface area contributed by atoms with Gasteiger partial charge in [-0.05, 0) is 43.2 Å². The molecule has 3 rings (SSSR count). The fourth-order valence-corrected chi connectivity index (χ4v) is 3.65. The Kier molecular flexibility index (Phi) is 5.36. The van der Waals surface area contributed by atoms with E-state index in [0.29, 0.717) is 18.9 Å². The van der Waals surface area contributed by atoms with Crippen LogP contribution in [0.1, 0.15) is 56.9 Å². The lowest BCUT2D eigenvalue weighted by Gasteiger charge is -2.26. The van der Waals surface area contributed by atoms with Gasteiger partial charge in [0.25, 0.3) is 0 Å². The zero-order valence-electron chi connectivity index (χ0n) is 13.4. The van der Waals surface area contributed by atoms with Gasteiger partial charge >= 0.3 is 0 Å². The summed E-state index contributed by atoms with van der Waals surface area (Å²) in [6, 6.07) is 8.20. The van der Waals surface area contributed by atoms with Gasteiger partial charge in [0.15, 0.2) is 0 Å². The molecule has 1 N–H and O–H groups in total. The lowest BCUT2D eigenvalue weighted by Crippen LogP contribution is -2.37. The summed E-state index contributed by atoms with van der Waals surface area (Å²) >= 11 is 0. The van der Waals surface area contributed by atoms with Crippen molar-refractivity contribution in [2.45, 2.75) is 63.9 Å². The molecule has 1 fully saturated rings. The van der Waals surface area contributed by atoms with Crippen LogP contribution in [0.25, 0.3) is 0 Å². The molecule has 1 aliphatic carbocycles. The number of carbonyl (C=O) groups is 1. The summed E-state index contributed by atoms with van der Waals surface area (Å²) in [5.41, 5.74) is 1.28. The van der Waals surface area contributed by atoms with E-state index in [4.69, 9.17) is 4.74 Å². The fraction of sp³-hybridized carbons (Fsp3) is 0.632. The second kappa shape index (κ2) is 7.66. The topological polar surface area (TPSA) is 38.3 Å². The van der Waals surface area contributed by atoms with E-state index in [1.54, 1.807) is 0 Å². The van der Waals surface area contributed by atoms with E-state index in [9.17, 15) is 4.79 Å². The summed E-state index contributed by atoms with van der Waals surface area (Å²) in [6.07, 6.45) is 10.6. The van der Waals surface area contributed by atoms with E-state index in [1.807, 2.05) is 12.1 Å². The number of rotatable bonds is 4. The van der Waals surface area contributed by atoms with Crippen molar-refractivity contribution in [3.05, 3.63) is 29.8 Å². The van der Waals surface area contributed by atoms with E-state index >= 15 is 0 Å². The Balaban J connectivity index is 1.42. The molecule has 1 aromatic rings. The Morgan fingerprint density at radius 1 is 1.09 bits per heavy atom. The Hall–Kier alpha value is -1.51. The van der Waals surface area contributed by atoms with E-state index in [1.165, 1.54) is 44.1 Å². The number of aryl methyl sites for hydroxylation is 1. The molecule has 0 spiro atoms. The second-order valence-corrected chi connectivity index (χ2v) is 6.75. The molecule has 0 radical (unpaired) electrons. The molecular formula is C19H27NO2. The molecule has 1 saturated carbocycles. The molecule has 3 heteroatoms. The summed E-state index contributed by atoms with van der Waals surface area (Å²) in [4.78, 5) is 12.1. The van der Waals surface area contributed by atoms with Crippen LogP contribution in [-0.2, 0) is 11.2 Å². The zero-order valence-corrected chi connectivity index (χ0v) is 13.4. The molecule has 0 saturated heterocycles. The molecule has 120 valence electrons. The number of ether oxygens (including phenoxy) is 1. The van der Waals surface area contributed by atoms with Gasteiger partial charge in [0.05, 0.1) is 6.54 Å². The maximum Gasteiger partial charge on any atom is 0.220 e. The molecule has 0 bridgehead atoms. The van der Waals surface area contributed by atoms with Crippen LogP contribution in [-0.4, -0.2) is 18.6 Å². The monoisotopic (exact) mass is 301 g/mol. The van der Waals surface area contributed by atoms with Gasteiger partial charge in [-0.1, -0.05) is 43.9 Å². The first-order valence-corrected chi connectivity index (χ1v) is 8.82. The normalized spacial score (nSPS) is 22.3. The minimum atomic E-state index is 0.119. The summed E-state index contributed by atoms with van der Waals surface area (Å²) in [5.74, 6) is 1.78. The van der Waals surface area contributed by atoms with E-state index in [0.717, 1.165) is 18.6 Å². The van der Waals surface area contributed by atoms with Crippen molar-refractivity contribution in [2.24, 2.45) is 5.92 Å². The van der Waals surface area contributed by atoms with Gasteiger partial charge in [0.1, 0.15) is 11.9 Å². The molecule has 2 aliphatic rings. The minimum Gasteiger partial charge on any atom is -0.488 e. The SMILES string of the molecule is O=C(CC1CCCCCC1)NCC1CCc2ccccc2O1. The van der Waals surface area contributed by atoms with Crippen molar-refractivity contribution in [2.75, 3.05) is 6.54 Å². The predicted molar refractivity (Wildman–Crippen MR) is 88.0 cm³/mol. The Bertz CT molecular complexity index is 492. The third-order valence-corrected chi connectivity index (χ3v) is 4.98. The van der Waals surface area contributed by atoms with Crippen molar-refractivity contribution in [3.8, 4) is 5.75 Å². The standard InChI is InChI=1S/C19H27NO2/c21-19(13-15-7-3-1-2-4-8-15)20-14-17-12-11-16-9-5-6-10-18(16)22-17/h5-6,9-10,15,17H,1-4,7-8,11-14H2,(H,20,21). The molecule has 1 aliphatic heterocycles. The highest BCUT2D eigenvalue weighted by Crippen LogP contribution is 2.27. The highest BCUT2D eigenvalue weighted by Gasteiger charge is 2.21. The lowest BCUT2D eigenvalue weighted by molar-refractivity contribution is -0.122. The van der Waals surface area contributed by atoms with Crippen LogP contribution >= 0.6 is 0 Å². The average molecular weight is 301 g/mol. The Labute approximate surface area is 133 Å². The minimum absolute atomic E-state index is 0.119. The second-order valence-electron chi connectivity index (χ2n) is 6.75. The van der Waals surface area contributed by atoms with Gasteiger partial charge in [-0.25, -0.2) is 0 Å². The molecule has 1 unspecified atom stereocenters. The first-order valence-electron chi connectivity index (χ1n) is 8.82. The molecule has 0 aromatic heterocycles.